The van der Waals surface area contributed by atoms with E-state index in [2.05, 4.69) is 0 Å². The topological polar surface area (TPSA) is 46.2 Å². The molecule has 0 aromatic carbocycles. The Kier molecular flexibility index (Phi) is 3.44. The van der Waals surface area contributed by atoms with Crippen LogP contribution >= 0.6 is 11.8 Å². The van der Waals surface area contributed by atoms with Crippen LogP contribution in [0.3, 0.4) is 0 Å². The van der Waals surface area contributed by atoms with Gasteiger partial charge >= 0.3 is 0 Å². The average Bonchev–Trinajstić information content (AvgIpc) is 2.29. The van der Waals surface area contributed by atoms with E-state index < -0.39 is 0 Å². The van der Waals surface area contributed by atoms with Crippen LogP contribution in [0, 0.1) is 0 Å². The van der Waals surface area contributed by atoms with E-state index in [0.717, 1.165) is 18.6 Å². The van der Waals surface area contributed by atoms with E-state index in [1.54, 1.807) is 0 Å². The minimum absolute atomic E-state index is 0.0858. The van der Waals surface area contributed by atoms with Gasteiger partial charge in [0.05, 0.1) is 6.10 Å². The highest BCUT2D eigenvalue weighted by Crippen LogP contribution is 2.31. The molecule has 12 heavy (non-hydrogen) atoms. The Bertz CT molecular complexity index is 144. The molecule has 1 rings (SSSR count). The lowest BCUT2D eigenvalue weighted by Gasteiger charge is -2.21. The van der Waals surface area contributed by atoms with Crippen LogP contribution in [0.15, 0.2) is 0 Å². The number of hydrogen-bond acceptors (Lipinski definition) is 3. The van der Waals surface area contributed by atoms with Gasteiger partial charge in [-0.15, -0.1) is 0 Å². The number of hydrogen-bond donors (Lipinski definition) is 2. The molecule has 2 unspecified atom stereocenters. The van der Waals surface area contributed by atoms with Crippen LogP contribution in [0.1, 0.15) is 33.1 Å². The highest BCUT2D eigenvalue weighted by molar-refractivity contribution is 8.00. The Morgan fingerprint density at radius 1 is 1.50 bits per heavy atom. The zero-order valence-electron chi connectivity index (χ0n) is 7.92. The summed E-state index contributed by atoms with van der Waals surface area (Å²) in [6.45, 7) is 4.06. The zero-order valence-corrected chi connectivity index (χ0v) is 8.73. The number of aliphatic hydroxyl groups is 1. The SMILES string of the molecule is CC(C)(N)CSC1CCCC1O. The third-order valence-corrected chi connectivity index (χ3v) is 3.98. The Hall–Kier alpha value is 0.270. The summed E-state index contributed by atoms with van der Waals surface area (Å²) in [5.74, 6) is 0.939. The maximum absolute atomic E-state index is 9.52. The lowest BCUT2D eigenvalue weighted by Crippen LogP contribution is -2.36. The fourth-order valence-electron chi connectivity index (χ4n) is 1.42. The molecule has 2 nitrogen and oxygen atoms in total. The summed E-state index contributed by atoms with van der Waals surface area (Å²) in [4.78, 5) is 0. The third-order valence-electron chi connectivity index (χ3n) is 2.09. The molecule has 72 valence electrons. The van der Waals surface area contributed by atoms with Crippen LogP contribution in [0.2, 0.25) is 0 Å². The molecular formula is C9H19NOS. The highest BCUT2D eigenvalue weighted by atomic mass is 32.2. The lowest BCUT2D eigenvalue weighted by molar-refractivity contribution is 0.188. The van der Waals surface area contributed by atoms with Gasteiger partial charge in [0, 0.05) is 16.5 Å². The first-order valence-corrected chi connectivity index (χ1v) is 5.62. The molecule has 0 heterocycles. The van der Waals surface area contributed by atoms with Gasteiger partial charge in [-0.2, -0.15) is 11.8 Å². The molecule has 1 aliphatic rings. The van der Waals surface area contributed by atoms with Gasteiger partial charge in [0.1, 0.15) is 0 Å². The van der Waals surface area contributed by atoms with Gasteiger partial charge in [-0.3, -0.25) is 0 Å². The second-order valence-electron chi connectivity index (χ2n) is 4.34. The van der Waals surface area contributed by atoms with E-state index in [1.165, 1.54) is 6.42 Å². The van der Waals surface area contributed by atoms with Gasteiger partial charge in [0.25, 0.3) is 0 Å². The van der Waals surface area contributed by atoms with E-state index in [-0.39, 0.29) is 11.6 Å². The first-order valence-electron chi connectivity index (χ1n) is 4.57. The van der Waals surface area contributed by atoms with Crippen molar-refractivity contribution in [1.29, 1.82) is 0 Å². The van der Waals surface area contributed by atoms with Crippen LogP contribution in [0.5, 0.6) is 0 Å². The molecule has 0 aromatic rings. The van der Waals surface area contributed by atoms with E-state index in [0.29, 0.717) is 5.25 Å². The van der Waals surface area contributed by atoms with Crippen molar-refractivity contribution in [2.24, 2.45) is 5.73 Å². The fourth-order valence-corrected chi connectivity index (χ4v) is 2.76. The Balaban J connectivity index is 2.23. The highest BCUT2D eigenvalue weighted by Gasteiger charge is 2.26. The largest absolute Gasteiger partial charge is 0.392 e. The van der Waals surface area contributed by atoms with Gasteiger partial charge in [-0.05, 0) is 33.1 Å². The van der Waals surface area contributed by atoms with Gasteiger partial charge in [0.15, 0.2) is 0 Å². The minimum atomic E-state index is -0.104. The van der Waals surface area contributed by atoms with Crippen LogP contribution in [-0.2, 0) is 0 Å². The van der Waals surface area contributed by atoms with Crippen molar-refractivity contribution in [3.05, 3.63) is 0 Å². The molecular weight excluding hydrogens is 170 g/mol. The monoisotopic (exact) mass is 189 g/mol. The van der Waals surface area contributed by atoms with E-state index >= 15 is 0 Å². The second kappa shape index (κ2) is 3.99. The molecule has 1 saturated carbocycles. The molecule has 0 aromatic heterocycles. The van der Waals surface area contributed by atoms with Crippen LogP contribution in [0.4, 0.5) is 0 Å². The van der Waals surface area contributed by atoms with Crippen molar-refractivity contribution in [3.8, 4) is 0 Å². The van der Waals surface area contributed by atoms with Gasteiger partial charge < -0.3 is 10.8 Å². The summed E-state index contributed by atoms with van der Waals surface area (Å²) in [6, 6.07) is 0. The summed E-state index contributed by atoms with van der Waals surface area (Å²) < 4.78 is 0. The third kappa shape index (κ3) is 3.33. The summed E-state index contributed by atoms with van der Waals surface area (Å²) in [7, 11) is 0. The molecule has 0 aliphatic heterocycles. The molecule has 0 spiro atoms. The first kappa shape index (κ1) is 10.4. The summed E-state index contributed by atoms with van der Waals surface area (Å²) in [5, 5.41) is 9.96. The van der Waals surface area contributed by atoms with E-state index in [4.69, 9.17) is 5.73 Å². The maximum Gasteiger partial charge on any atom is 0.0658 e. The van der Waals surface area contributed by atoms with Crippen LogP contribution < -0.4 is 5.73 Å². The summed E-state index contributed by atoms with van der Waals surface area (Å²) >= 11 is 1.82. The molecule has 1 fully saturated rings. The minimum Gasteiger partial charge on any atom is -0.392 e. The molecule has 3 heteroatoms. The summed E-state index contributed by atoms with van der Waals surface area (Å²) in [6.07, 6.45) is 3.21. The van der Waals surface area contributed by atoms with Crippen molar-refractivity contribution in [2.45, 2.75) is 50.0 Å². The van der Waals surface area contributed by atoms with Crippen LogP contribution in [0.25, 0.3) is 0 Å². The zero-order chi connectivity index (χ0) is 9.19. The number of thioether (sulfide) groups is 1. The predicted octanol–water partition coefficient (Wildman–Crippen LogP) is 1.37. The first-order chi connectivity index (χ1) is 5.49. The summed E-state index contributed by atoms with van der Waals surface area (Å²) in [5.41, 5.74) is 5.75. The smallest absolute Gasteiger partial charge is 0.0658 e. The van der Waals surface area contributed by atoms with Crippen molar-refractivity contribution in [3.63, 3.8) is 0 Å². The van der Waals surface area contributed by atoms with Crippen molar-refractivity contribution in [2.75, 3.05) is 5.75 Å². The van der Waals surface area contributed by atoms with Gasteiger partial charge in [0.2, 0.25) is 0 Å². The Labute approximate surface area is 78.9 Å². The molecule has 0 saturated heterocycles. The van der Waals surface area contributed by atoms with Crippen LogP contribution in [-0.4, -0.2) is 27.8 Å². The Morgan fingerprint density at radius 2 is 2.17 bits per heavy atom. The molecule has 3 N–H and O–H groups in total. The molecule has 0 amide bonds. The lowest BCUT2D eigenvalue weighted by atomic mass is 10.1. The molecule has 2 atom stereocenters. The van der Waals surface area contributed by atoms with Crippen molar-refractivity contribution >= 4 is 11.8 Å². The van der Waals surface area contributed by atoms with E-state index in [9.17, 15) is 5.11 Å². The fraction of sp³-hybridized carbons (Fsp3) is 1.00. The number of nitrogens with two attached hydrogens (primary N) is 1. The molecule has 0 radical (unpaired) electrons. The standard InChI is InChI=1S/C9H19NOS/c1-9(2,10)6-12-8-5-3-4-7(8)11/h7-8,11H,3-6,10H2,1-2H3. The molecule has 1 aliphatic carbocycles. The average molecular weight is 189 g/mol. The quantitative estimate of drug-likeness (QED) is 0.705. The maximum atomic E-state index is 9.52. The van der Waals surface area contributed by atoms with Crippen molar-refractivity contribution < 1.29 is 5.11 Å². The number of aliphatic hydroxyl groups excluding tert-OH is 1. The van der Waals surface area contributed by atoms with Gasteiger partial charge in [-0.1, -0.05) is 0 Å². The normalized spacial score (nSPS) is 31.0. The van der Waals surface area contributed by atoms with E-state index in [1.807, 2.05) is 25.6 Å². The molecule has 0 bridgehead atoms. The number of rotatable bonds is 3. The predicted molar refractivity (Wildman–Crippen MR) is 54.4 cm³/mol. The van der Waals surface area contributed by atoms with Gasteiger partial charge in [-0.25, -0.2) is 0 Å². The van der Waals surface area contributed by atoms with Crippen molar-refractivity contribution in [1.82, 2.24) is 0 Å². The Morgan fingerprint density at radius 3 is 2.58 bits per heavy atom. The second-order valence-corrected chi connectivity index (χ2v) is 5.56.